The third-order valence-electron chi connectivity index (χ3n) is 12.3. The van der Waals surface area contributed by atoms with Gasteiger partial charge in [0.05, 0.1) is 0 Å². The Labute approximate surface area is 461 Å². The fraction of sp³-hybridized carbons (Fsp3) is 0.609. The van der Waals surface area contributed by atoms with Crippen LogP contribution in [0.4, 0.5) is 0 Å². The van der Waals surface area contributed by atoms with E-state index in [-0.39, 0.29) is 37.5 Å². The number of unbranched alkanes of at least 4 members (excludes halogenated alkanes) is 18. The quantitative estimate of drug-likeness (QED) is 0.0261. The molecule has 0 saturated heterocycles. The number of rotatable bonds is 53. The van der Waals surface area contributed by atoms with Crippen LogP contribution in [0.25, 0.3) is 0 Å². The van der Waals surface area contributed by atoms with Gasteiger partial charge < -0.3 is 14.2 Å². The summed E-state index contributed by atoms with van der Waals surface area (Å²) in [4.78, 5) is 38.3. The van der Waals surface area contributed by atoms with Crippen LogP contribution in [0.15, 0.2) is 146 Å². The number of hydrogen-bond acceptors (Lipinski definition) is 6. The molecule has 0 bridgehead atoms. The Morgan fingerprint density at radius 1 is 0.280 bits per heavy atom. The molecule has 0 aliphatic rings. The van der Waals surface area contributed by atoms with E-state index >= 15 is 0 Å². The fourth-order valence-electron chi connectivity index (χ4n) is 7.82. The lowest BCUT2D eigenvalue weighted by Crippen LogP contribution is -2.30. The number of allylic oxidation sites excluding steroid dienone is 24. The maximum Gasteiger partial charge on any atom is 0.306 e. The van der Waals surface area contributed by atoms with Gasteiger partial charge in [0.25, 0.3) is 0 Å². The summed E-state index contributed by atoms with van der Waals surface area (Å²) in [6.45, 7) is 6.33. The maximum atomic E-state index is 12.9. The van der Waals surface area contributed by atoms with Crippen LogP contribution >= 0.6 is 0 Å². The number of carbonyl (C=O) groups excluding carboxylic acids is 3. The van der Waals surface area contributed by atoms with E-state index in [2.05, 4.69) is 167 Å². The molecule has 0 unspecified atom stereocenters. The molecule has 6 nitrogen and oxygen atoms in total. The Morgan fingerprint density at radius 3 is 0.827 bits per heavy atom. The smallest absolute Gasteiger partial charge is 0.306 e. The first kappa shape index (κ1) is 70.3. The highest BCUT2D eigenvalue weighted by molar-refractivity contribution is 5.71. The first-order valence-corrected chi connectivity index (χ1v) is 30.3. The molecule has 0 heterocycles. The van der Waals surface area contributed by atoms with Crippen LogP contribution in [-0.2, 0) is 28.6 Å². The Hall–Kier alpha value is -4.71. The molecule has 0 radical (unpaired) electrons. The predicted molar refractivity (Wildman–Crippen MR) is 325 cm³/mol. The van der Waals surface area contributed by atoms with Crippen molar-refractivity contribution >= 4 is 17.9 Å². The van der Waals surface area contributed by atoms with Crippen LogP contribution in [0, 0.1) is 0 Å². The monoisotopic (exact) mass is 1030 g/mol. The summed E-state index contributed by atoms with van der Waals surface area (Å²) in [6.07, 6.45) is 88.3. The summed E-state index contributed by atoms with van der Waals surface area (Å²) in [7, 11) is 0. The molecule has 0 spiro atoms. The van der Waals surface area contributed by atoms with Crippen molar-refractivity contribution in [1.29, 1.82) is 0 Å². The second-order valence-corrected chi connectivity index (χ2v) is 19.5. The highest BCUT2D eigenvalue weighted by Gasteiger charge is 2.19. The van der Waals surface area contributed by atoms with Crippen molar-refractivity contribution in [1.82, 2.24) is 0 Å². The van der Waals surface area contributed by atoms with Gasteiger partial charge in [0.2, 0.25) is 0 Å². The molecule has 0 aliphatic heterocycles. The lowest BCUT2D eigenvalue weighted by atomic mass is 10.1. The molecule has 6 heteroatoms. The molecule has 0 aliphatic carbocycles. The van der Waals surface area contributed by atoms with Crippen molar-refractivity contribution in [3.8, 4) is 0 Å². The van der Waals surface area contributed by atoms with Crippen LogP contribution in [0.3, 0.4) is 0 Å². The summed E-state index contributed by atoms with van der Waals surface area (Å²) >= 11 is 0. The van der Waals surface area contributed by atoms with Gasteiger partial charge >= 0.3 is 17.9 Å². The minimum absolute atomic E-state index is 0.110. The van der Waals surface area contributed by atoms with E-state index in [0.717, 1.165) is 135 Å². The largest absolute Gasteiger partial charge is 0.462 e. The average Bonchev–Trinajstić information content (AvgIpc) is 3.41. The molecule has 0 rings (SSSR count). The highest BCUT2D eigenvalue weighted by atomic mass is 16.6. The van der Waals surface area contributed by atoms with Crippen molar-refractivity contribution in [2.24, 2.45) is 0 Å². The van der Waals surface area contributed by atoms with Crippen LogP contribution in [0.5, 0.6) is 0 Å². The van der Waals surface area contributed by atoms with E-state index in [1.54, 1.807) is 0 Å². The third kappa shape index (κ3) is 60.0. The van der Waals surface area contributed by atoms with Gasteiger partial charge in [0.1, 0.15) is 13.2 Å². The van der Waals surface area contributed by atoms with Crippen LogP contribution in [0.1, 0.15) is 252 Å². The van der Waals surface area contributed by atoms with Crippen LogP contribution in [0.2, 0.25) is 0 Å². The molecule has 0 aromatic carbocycles. The Kier molecular flexibility index (Phi) is 58.0. The minimum Gasteiger partial charge on any atom is -0.462 e. The molecule has 422 valence electrons. The summed E-state index contributed by atoms with van der Waals surface area (Å²) < 4.78 is 16.9. The fourth-order valence-corrected chi connectivity index (χ4v) is 7.82. The topological polar surface area (TPSA) is 78.9 Å². The van der Waals surface area contributed by atoms with E-state index in [9.17, 15) is 14.4 Å². The maximum absolute atomic E-state index is 12.9. The number of ether oxygens (including phenoxy) is 3. The summed E-state index contributed by atoms with van der Waals surface area (Å²) in [6, 6.07) is 0. The molecule has 0 fully saturated rings. The van der Waals surface area contributed by atoms with E-state index in [1.807, 2.05) is 0 Å². The third-order valence-corrected chi connectivity index (χ3v) is 12.3. The SMILES string of the molecule is CC/C=C/C/C=C/C/C=C/C/C=C/C/C=C/CCCCCC(=O)OC[C@@H](COC(=O)CCCCCCCCCCC/C=C/C/C=C/CCCCC)OC(=O)CCCCC/C=C/C/C=C/C/C=C/C/C=C/C/C=C/CC. The lowest BCUT2D eigenvalue weighted by Gasteiger charge is -2.18. The second kappa shape index (κ2) is 61.8. The normalized spacial score (nSPS) is 13.2. The number of esters is 3. The van der Waals surface area contributed by atoms with E-state index in [0.29, 0.717) is 19.3 Å². The summed E-state index contributed by atoms with van der Waals surface area (Å²) in [5.74, 6) is -0.983. The van der Waals surface area contributed by atoms with E-state index < -0.39 is 6.10 Å². The zero-order valence-corrected chi connectivity index (χ0v) is 48.3. The van der Waals surface area contributed by atoms with Crippen molar-refractivity contribution in [3.05, 3.63) is 146 Å². The van der Waals surface area contributed by atoms with Crippen molar-refractivity contribution in [2.75, 3.05) is 13.2 Å². The van der Waals surface area contributed by atoms with E-state index in [4.69, 9.17) is 14.2 Å². The Balaban J connectivity index is 4.54. The molecule has 1 atom stereocenters. The molecular formula is C69H110O6. The molecule has 0 amide bonds. The predicted octanol–water partition coefficient (Wildman–Crippen LogP) is 20.8. The van der Waals surface area contributed by atoms with E-state index in [1.165, 1.54) is 70.6 Å². The van der Waals surface area contributed by atoms with Gasteiger partial charge in [-0.25, -0.2) is 0 Å². The highest BCUT2D eigenvalue weighted by Crippen LogP contribution is 2.14. The van der Waals surface area contributed by atoms with Gasteiger partial charge in [-0.1, -0.05) is 237 Å². The Morgan fingerprint density at radius 2 is 0.520 bits per heavy atom. The molecule has 0 saturated carbocycles. The van der Waals surface area contributed by atoms with Crippen molar-refractivity contribution in [2.45, 2.75) is 258 Å². The molecule has 75 heavy (non-hydrogen) atoms. The molecule has 0 aromatic heterocycles. The van der Waals surface area contributed by atoms with Gasteiger partial charge in [-0.05, 0) is 141 Å². The van der Waals surface area contributed by atoms with Crippen molar-refractivity contribution in [3.63, 3.8) is 0 Å². The van der Waals surface area contributed by atoms with Gasteiger partial charge in [-0.2, -0.15) is 0 Å². The van der Waals surface area contributed by atoms with Gasteiger partial charge in [0.15, 0.2) is 6.10 Å². The lowest BCUT2D eigenvalue weighted by molar-refractivity contribution is -0.167. The van der Waals surface area contributed by atoms with Crippen LogP contribution < -0.4 is 0 Å². The summed E-state index contributed by atoms with van der Waals surface area (Å²) in [5, 5.41) is 0. The first-order valence-electron chi connectivity index (χ1n) is 30.3. The number of hydrogen-bond donors (Lipinski definition) is 0. The Bertz CT molecular complexity index is 1660. The van der Waals surface area contributed by atoms with Crippen molar-refractivity contribution < 1.29 is 28.6 Å². The van der Waals surface area contributed by atoms with Gasteiger partial charge in [-0.15, -0.1) is 0 Å². The van der Waals surface area contributed by atoms with Crippen LogP contribution in [-0.4, -0.2) is 37.2 Å². The molecule has 0 aromatic rings. The number of carbonyl (C=O) groups is 3. The summed E-state index contributed by atoms with van der Waals surface area (Å²) in [5.41, 5.74) is 0. The van der Waals surface area contributed by atoms with Gasteiger partial charge in [0, 0.05) is 19.3 Å². The standard InChI is InChI=1S/C69H110O6/c1-4-7-10-13-16-19-22-25-28-31-34-37-40-43-46-49-52-55-58-61-67(70)73-64-66(75-69(72)63-60-57-54-51-48-45-42-39-36-33-30-27-24-21-18-15-12-9-6-3)65-74-68(71)62-59-56-53-50-47-44-41-38-35-32-29-26-23-20-17-14-11-8-5-2/h7,9-10,12,16-21,25-30,34,36-37,39,43,45-46,48,66H,4-6,8,11,13-15,22-24,31-33,35,38,40-42,44,47,49-65H2,1-3H3/b10-7+,12-9+,19-16+,20-17+,21-18+,28-25+,29-26+,30-27+,37-34+,39-36+,46-43+,48-45+/t66-/m0/s1. The average molecular weight is 1040 g/mol. The zero-order chi connectivity index (χ0) is 54.3. The zero-order valence-electron chi connectivity index (χ0n) is 48.3. The molecular weight excluding hydrogens is 925 g/mol. The molecule has 0 N–H and O–H groups in total. The second-order valence-electron chi connectivity index (χ2n) is 19.5. The first-order chi connectivity index (χ1) is 37.0. The minimum atomic E-state index is -0.819. The van der Waals surface area contributed by atoms with Gasteiger partial charge in [-0.3, -0.25) is 14.4 Å².